The summed E-state index contributed by atoms with van der Waals surface area (Å²) >= 11 is 1.74. The van der Waals surface area contributed by atoms with E-state index in [-0.39, 0.29) is 6.10 Å². The highest BCUT2D eigenvalue weighted by Crippen LogP contribution is 2.43. The van der Waals surface area contributed by atoms with Gasteiger partial charge in [0.15, 0.2) is 0 Å². The molecule has 0 aromatic carbocycles. The molecule has 106 valence electrons. The minimum atomic E-state index is -0.801. The first kappa shape index (κ1) is 14.5. The first-order valence-corrected chi connectivity index (χ1v) is 7.43. The van der Waals surface area contributed by atoms with E-state index in [9.17, 15) is 4.79 Å². The average Bonchev–Trinajstić information content (AvgIpc) is 2.81. The highest BCUT2D eigenvalue weighted by molar-refractivity contribution is 7.12. The van der Waals surface area contributed by atoms with Crippen LogP contribution < -0.4 is 5.32 Å². The Morgan fingerprint density at radius 1 is 1.63 bits per heavy atom. The van der Waals surface area contributed by atoms with Gasteiger partial charge in [-0.25, -0.2) is 0 Å². The van der Waals surface area contributed by atoms with Crippen molar-refractivity contribution in [1.82, 2.24) is 5.32 Å². The summed E-state index contributed by atoms with van der Waals surface area (Å²) in [7, 11) is 3.43. The molecule has 0 bridgehead atoms. The van der Waals surface area contributed by atoms with Crippen molar-refractivity contribution in [2.45, 2.75) is 44.2 Å². The number of fused-ring (bicyclic) bond motifs is 1. The van der Waals surface area contributed by atoms with Crippen molar-refractivity contribution in [2.24, 2.45) is 0 Å². The second kappa shape index (κ2) is 6.03. The predicted octanol–water partition coefficient (Wildman–Crippen LogP) is 2.55. The fourth-order valence-electron chi connectivity index (χ4n) is 2.66. The monoisotopic (exact) mass is 283 g/mol. The lowest BCUT2D eigenvalue weighted by Gasteiger charge is -2.25. The number of aliphatic carboxylic acids is 1. The second-order valence-corrected chi connectivity index (χ2v) is 6.29. The van der Waals surface area contributed by atoms with Crippen molar-refractivity contribution >= 4 is 17.3 Å². The summed E-state index contributed by atoms with van der Waals surface area (Å²) in [6.07, 6.45) is 2.90. The molecule has 0 aliphatic heterocycles. The van der Waals surface area contributed by atoms with E-state index in [1.807, 2.05) is 0 Å². The number of carboxylic acid groups (broad SMARTS) is 1. The zero-order valence-corrected chi connectivity index (χ0v) is 12.4. The molecule has 3 atom stereocenters. The van der Waals surface area contributed by atoms with Crippen LogP contribution in [0.4, 0.5) is 0 Å². The molecule has 0 saturated heterocycles. The number of ether oxygens (including phenoxy) is 1. The third kappa shape index (κ3) is 2.99. The molecule has 2 rings (SSSR count). The van der Waals surface area contributed by atoms with Gasteiger partial charge in [-0.1, -0.05) is 6.92 Å². The molecule has 0 amide bonds. The molecule has 0 spiro atoms. The number of thiophene rings is 1. The third-order valence-corrected chi connectivity index (χ3v) is 5.24. The zero-order valence-electron chi connectivity index (χ0n) is 11.6. The first-order valence-electron chi connectivity index (χ1n) is 6.62. The molecule has 0 saturated carbocycles. The highest BCUT2D eigenvalue weighted by atomic mass is 32.1. The van der Waals surface area contributed by atoms with E-state index in [1.54, 1.807) is 25.5 Å². The first-order chi connectivity index (χ1) is 9.06. The lowest BCUT2D eigenvalue weighted by molar-refractivity contribution is -0.139. The van der Waals surface area contributed by atoms with Crippen LogP contribution >= 0.6 is 11.3 Å². The van der Waals surface area contributed by atoms with Crippen LogP contribution in [-0.2, 0) is 16.0 Å². The van der Waals surface area contributed by atoms with Crippen LogP contribution in [0.25, 0.3) is 0 Å². The maximum Gasteiger partial charge on any atom is 0.321 e. The summed E-state index contributed by atoms with van der Waals surface area (Å²) < 4.78 is 5.53. The van der Waals surface area contributed by atoms with Gasteiger partial charge in [0.2, 0.25) is 0 Å². The Morgan fingerprint density at radius 2 is 2.37 bits per heavy atom. The fraction of sp³-hybridized carbons (Fsp3) is 0.643. The minimum Gasteiger partial charge on any atom is -0.480 e. The fourth-order valence-corrected chi connectivity index (χ4v) is 4.00. The number of hydrogen-bond acceptors (Lipinski definition) is 4. The van der Waals surface area contributed by atoms with Gasteiger partial charge in [-0.05, 0) is 37.4 Å². The van der Waals surface area contributed by atoms with Gasteiger partial charge in [0, 0.05) is 23.3 Å². The van der Waals surface area contributed by atoms with Crippen LogP contribution in [0.5, 0.6) is 0 Å². The topological polar surface area (TPSA) is 58.6 Å². The van der Waals surface area contributed by atoms with E-state index in [4.69, 9.17) is 9.84 Å². The Morgan fingerprint density at radius 3 is 2.95 bits per heavy atom. The van der Waals surface area contributed by atoms with Crippen LogP contribution in [0, 0.1) is 0 Å². The summed E-state index contributed by atoms with van der Waals surface area (Å²) in [5, 5.41) is 11.9. The number of rotatable bonds is 5. The molecule has 2 N–H and O–H groups in total. The van der Waals surface area contributed by atoms with Crippen LogP contribution in [-0.4, -0.2) is 31.3 Å². The third-order valence-electron chi connectivity index (χ3n) is 3.83. The summed E-state index contributed by atoms with van der Waals surface area (Å²) in [6, 6.07) is 1.62. The lowest BCUT2D eigenvalue weighted by Crippen LogP contribution is -2.35. The zero-order chi connectivity index (χ0) is 14.0. The average molecular weight is 283 g/mol. The van der Waals surface area contributed by atoms with Crippen LogP contribution in [0.2, 0.25) is 0 Å². The number of methoxy groups -OCH3 is 1. The van der Waals surface area contributed by atoms with Crippen LogP contribution in [0.15, 0.2) is 6.07 Å². The molecule has 19 heavy (non-hydrogen) atoms. The molecule has 1 aromatic rings. The number of carboxylic acids is 1. The maximum atomic E-state index is 11.1. The number of hydrogen-bond donors (Lipinski definition) is 2. The molecule has 1 aliphatic rings. The van der Waals surface area contributed by atoms with E-state index in [0.717, 1.165) is 17.7 Å². The molecule has 1 heterocycles. The molecule has 0 fully saturated rings. The van der Waals surface area contributed by atoms with Gasteiger partial charge < -0.3 is 15.2 Å². The summed E-state index contributed by atoms with van der Waals surface area (Å²) in [5.74, 6) is -0.247. The van der Waals surface area contributed by atoms with Gasteiger partial charge in [-0.15, -0.1) is 11.3 Å². The predicted molar refractivity (Wildman–Crippen MR) is 75.9 cm³/mol. The Kier molecular flexibility index (Phi) is 4.60. The molecule has 3 unspecified atom stereocenters. The largest absolute Gasteiger partial charge is 0.480 e. The highest BCUT2D eigenvalue weighted by Gasteiger charge is 2.28. The van der Waals surface area contributed by atoms with Gasteiger partial charge in [0.05, 0.1) is 6.10 Å². The number of nitrogens with one attached hydrogen (secondary N) is 1. The summed E-state index contributed by atoms with van der Waals surface area (Å²) in [6.45, 7) is 2.23. The summed E-state index contributed by atoms with van der Waals surface area (Å²) in [4.78, 5) is 13.6. The van der Waals surface area contributed by atoms with Gasteiger partial charge in [0.1, 0.15) is 6.04 Å². The SMILES string of the molecule is CNC(Cc1cc2c(s1)C(C)CCC2OC)C(=O)O. The van der Waals surface area contributed by atoms with E-state index < -0.39 is 12.0 Å². The Bertz CT molecular complexity index is 458. The molecule has 0 radical (unpaired) electrons. The van der Waals surface area contributed by atoms with Gasteiger partial charge in [-0.2, -0.15) is 0 Å². The maximum absolute atomic E-state index is 11.1. The quantitative estimate of drug-likeness (QED) is 0.872. The standard InChI is InChI=1S/C14H21NO3S/c1-8-4-5-12(18-3)10-6-9(19-13(8)10)7-11(15-2)14(16)17/h6,8,11-12,15H,4-5,7H2,1-3H3,(H,16,17). The van der Waals surface area contributed by atoms with E-state index in [1.165, 1.54) is 10.4 Å². The van der Waals surface area contributed by atoms with E-state index >= 15 is 0 Å². The lowest BCUT2D eigenvalue weighted by atomic mass is 9.88. The van der Waals surface area contributed by atoms with Gasteiger partial charge in [-0.3, -0.25) is 4.79 Å². The number of likely N-dealkylation sites (N-methyl/N-ethyl adjacent to an activating group) is 1. The Hall–Kier alpha value is -0.910. The molecular formula is C14H21NO3S. The molecule has 4 nitrogen and oxygen atoms in total. The van der Waals surface area contributed by atoms with E-state index in [0.29, 0.717) is 12.3 Å². The molecule has 1 aliphatic carbocycles. The molecule has 1 aromatic heterocycles. The molecule has 5 heteroatoms. The van der Waals surface area contributed by atoms with Crippen molar-refractivity contribution < 1.29 is 14.6 Å². The normalized spacial score (nSPS) is 23.9. The van der Waals surface area contributed by atoms with Crippen molar-refractivity contribution in [3.63, 3.8) is 0 Å². The van der Waals surface area contributed by atoms with Gasteiger partial charge >= 0.3 is 5.97 Å². The Labute approximate surface area is 117 Å². The van der Waals surface area contributed by atoms with Gasteiger partial charge in [0.25, 0.3) is 0 Å². The summed E-state index contributed by atoms with van der Waals surface area (Å²) in [5.41, 5.74) is 1.27. The minimum absolute atomic E-state index is 0.175. The van der Waals surface area contributed by atoms with Crippen molar-refractivity contribution in [3.8, 4) is 0 Å². The second-order valence-electron chi connectivity index (χ2n) is 5.12. The van der Waals surface area contributed by atoms with Crippen molar-refractivity contribution in [1.29, 1.82) is 0 Å². The van der Waals surface area contributed by atoms with Crippen LogP contribution in [0.3, 0.4) is 0 Å². The van der Waals surface area contributed by atoms with Crippen LogP contribution in [0.1, 0.15) is 47.1 Å². The van der Waals surface area contributed by atoms with Crippen molar-refractivity contribution in [2.75, 3.05) is 14.2 Å². The number of carbonyl (C=O) groups is 1. The molecular weight excluding hydrogens is 262 g/mol. The van der Waals surface area contributed by atoms with E-state index in [2.05, 4.69) is 18.3 Å². The Balaban J connectivity index is 2.23. The smallest absolute Gasteiger partial charge is 0.321 e. The van der Waals surface area contributed by atoms with Crippen molar-refractivity contribution in [3.05, 3.63) is 21.4 Å².